The third-order valence-corrected chi connectivity index (χ3v) is 4.70. The SMILES string of the molecule is COc1cncc(OCC2=C(c3ccnn3C(C)C)CCCC2)c1C=O. The molecule has 1 aliphatic rings. The molecule has 0 N–H and O–H groups in total. The second kappa shape index (κ2) is 8.17. The summed E-state index contributed by atoms with van der Waals surface area (Å²) < 4.78 is 13.2. The maximum atomic E-state index is 11.4. The van der Waals surface area contributed by atoms with E-state index in [1.54, 1.807) is 6.20 Å². The van der Waals surface area contributed by atoms with Crippen LogP contribution in [0.25, 0.3) is 5.57 Å². The molecule has 1 aliphatic carbocycles. The van der Waals surface area contributed by atoms with Crippen LogP contribution >= 0.6 is 0 Å². The van der Waals surface area contributed by atoms with E-state index in [1.807, 2.05) is 6.20 Å². The number of pyridine rings is 1. The molecule has 26 heavy (non-hydrogen) atoms. The van der Waals surface area contributed by atoms with Crippen LogP contribution in [0.4, 0.5) is 0 Å². The predicted octanol–water partition coefficient (Wildman–Crippen LogP) is 4.09. The van der Waals surface area contributed by atoms with Crippen LogP contribution in [-0.4, -0.2) is 34.8 Å². The third-order valence-electron chi connectivity index (χ3n) is 4.70. The summed E-state index contributed by atoms with van der Waals surface area (Å²) in [5.41, 5.74) is 4.13. The molecule has 0 aromatic carbocycles. The molecule has 2 aromatic heterocycles. The number of rotatable bonds is 7. The molecule has 3 rings (SSSR count). The Labute approximate surface area is 153 Å². The number of nitrogens with zero attached hydrogens (tertiary/aromatic N) is 3. The zero-order valence-corrected chi connectivity index (χ0v) is 15.6. The highest BCUT2D eigenvalue weighted by Gasteiger charge is 2.20. The minimum atomic E-state index is 0.306. The first-order valence-electron chi connectivity index (χ1n) is 9.00. The van der Waals surface area contributed by atoms with E-state index in [1.165, 1.54) is 30.9 Å². The average Bonchev–Trinajstić information content (AvgIpc) is 3.16. The number of aldehydes is 1. The zero-order valence-electron chi connectivity index (χ0n) is 15.6. The van der Waals surface area contributed by atoms with E-state index in [0.717, 1.165) is 31.2 Å². The van der Waals surface area contributed by atoms with Crippen molar-refractivity contribution in [2.75, 3.05) is 13.7 Å². The minimum absolute atomic E-state index is 0.306. The van der Waals surface area contributed by atoms with Crippen molar-refractivity contribution < 1.29 is 14.3 Å². The number of methoxy groups -OCH3 is 1. The van der Waals surface area contributed by atoms with Crippen LogP contribution < -0.4 is 9.47 Å². The van der Waals surface area contributed by atoms with Gasteiger partial charge in [0.25, 0.3) is 0 Å². The molecule has 2 heterocycles. The maximum absolute atomic E-state index is 11.4. The Hall–Kier alpha value is -2.63. The molecule has 6 heteroatoms. The molecular weight excluding hydrogens is 330 g/mol. The van der Waals surface area contributed by atoms with Gasteiger partial charge in [-0.25, -0.2) is 0 Å². The lowest BCUT2D eigenvalue weighted by Crippen LogP contribution is -2.13. The van der Waals surface area contributed by atoms with Crippen molar-refractivity contribution >= 4 is 11.9 Å². The maximum Gasteiger partial charge on any atom is 0.157 e. The van der Waals surface area contributed by atoms with E-state index in [0.29, 0.717) is 29.7 Å². The van der Waals surface area contributed by atoms with Crippen LogP contribution in [0.15, 0.2) is 30.2 Å². The van der Waals surface area contributed by atoms with Gasteiger partial charge in [0.1, 0.15) is 12.2 Å². The van der Waals surface area contributed by atoms with Crippen LogP contribution in [0.1, 0.15) is 61.6 Å². The van der Waals surface area contributed by atoms with E-state index in [4.69, 9.17) is 9.47 Å². The van der Waals surface area contributed by atoms with Gasteiger partial charge in [0, 0.05) is 12.2 Å². The normalized spacial score (nSPS) is 14.6. The highest BCUT2D eigenvalue weighted by atomic mass is 16.5. The number of allylic oxidation sites excluding steroid dienone is 1. The molecule has 0 fully saturated rings. The molecule has 0 radical (unpaired) electrons. The van der Waals surface area contributed by atoms with E-state index in [2.05, 4.69) is 34.7 Å². The second-order valence-electron chi connectivity index (χ2n) is 6.70. The number of aromatic nitrogens is 3. The van der Waals surface area contributed by atoms with Gasteiger partial charge >= 0.3 is 0 Å². The molecule has 0 unspecified atom stereocenters. The summed E-state index contributed by atoms with van der Waals surface area (Å²) in [6.45, 7) is 4.71. The monoisotopic (exact) mass is 355 g/mol. The Kier molecular flexibility index (Phi) is 5.71. The van der Waals surface area contributed by atoms with Gasteiger partial charge in [-0.1, -0.05) is 0 Å². The van der Waals surface area contributed by atoms with Gasteiger partial charge in [0.05, 0.1) is 25.2 Å². The smallest absolute Gasteiger partial charge is 0.157 e. The molecule has 0 atom stereocenters. The average molecular weight is 355 g/mol. The van der Waals surface area contributed by atoms with Crippen LogP contribution in [-0.2, 0) is 0 Å². The Balaban J connectivity index is 1.89. The van der Waals surface area contributed by atoms with Crippen molar-refractivity contribution in [1.29, 1.82) is 0 Å². The van der Waals surface area contributed by atoms with Gasteiger partial charge in [0.15, 0.2) is 17.8 Å². The summed E-state index contributed by atoms with van der Waals surface area (Å²) in [5.74, 6) is 0.877. The molecule has 138 valence electrons. The standard InChI is InChI=1S/C20H25N3O3/c1-14(2)23-18(8-9-22-23)16-7-5-4-6-15(16)13-26-20-11-21-10-19(25-3)17(20)12-24/h8-12,14H,4-7,13H2,1-3H3. The fourth-order valence-corrected chi connectivity index (χ4v) is 3.39. The fourth-order valence-electron chi connectivity index (χ4n) is 3.39. The van der Waals surface area contributed by atoms with Crippen molar-refractivity contribution in [2.45, 2.75) is 45.6 Å². The van der Waals surface area contributed by atoms with Crippen LogP contribution in [0.2, 0.25) is 0 Å². The van der Waals surface area contributed by atoms with E-state index in [-0.39, 0.29) is 0 Å². The molecule has 0 saturated carbocycles. The van der Waals surface area contributed by atoms with Crippen molar-refractivity contribution in [1.82, 2.24) is 14.8 Å². The predicted molar refractivity (Wildman–Crippen MR) is 99.7 cm³/mol. The molecular formula is C20H25N3O3. The summed E-state index contributed by atoms with van der Waals surface area (Å²) in [5, 5.41) is 4.46. The number of hydrogen-bond acceptors (Lipinski definition) is 5. The Morgan fingerprint density at radius 2 is 2.00 bits per heavy atom. The Bertz CT molecular complexity index is 808. The van der Waals surface area contributed by atoms with Crippen molar-refractivity contribution in [3.8, 4) is 11.5 Å². The molecule has 0 spiro atoms. The van der Waals surface area contributed by atoms with Crippen molar-refractivity contribution in [3.63, 3.8) is 0 Å². The topological polar surface area (TPSA) is 66.2 Å². The lowest BCUT2D eigenvalue weighted by atomic mass is 9.90. The fraction of sp³-hybridized carbons (Fsp3) is 0.450. The molecule has 0 saturated heterocycles. The first kappa shape index (κ1) is 18.2. The van der Waals surface area contributed by atoms with E-state index < -0.39 is 0 Å². The third kappa shape index (κ3) is 3.64. The quantitative estimate of drug-likeness (QED) is 0.700. The summed E-state index contributed by atoms with van der Waals surface area (Å²) in [6.07, 6.45) is 10.0. The number of ether oxygens (including phenoxy) is 2. The minimum Gasteiger partial charge on any atom is -0.494 e. The summed E-state index contributed by atoms with van der Waals surface area (Å²) in [4.78, 5) is 15.5. The number of hydrogen-bond donors (Lipinski definition) is 0. The molecule has 2 aromatic rings. The summed E-state index contributed by atoms with van der Waals surface area (Å²) in [6, 6.07) is 2.38. The Morgan fingerprint density at radius 3 is 2.73 bits per heavy atom. The number of carbonyl (C=O) groups excluding carboxylic acids is 1. The van der Waals surface area contributed by atoms with Gasteiger partial charge in [-0.15, -0.1) is 0 Å². The first-order chi connectivity index (χ1) is 12.7. The Morgan fingerprint density at radius 1 is 1.23 bits per heavy atom. The summed E-state index contributed by atoms with van der Waals surface area (Å²) in [7, 11) is 1.52. The molecule has 0 aliphatic heterocycles. The number of carbonyl (C=O) groups is 1. The van der Waals surface area contributed by atoms with E-state index >= 15 is 0 Å². The zero-order chi connectivity index (χ0) is 18.5. The lowest BCUT2D eigenvalue weighted by molar-refractivity contribution is 0.111. The van der Waals surface area contributed by atoms with E-state index in [9.17, 15) is 4.79 Å². The largest absolute Gasteiger partial charge is 0.494 e. The van der Waals surface area contributed by atoms with Crippen molar-refractivity contribution in [2.24, 2.45) is 0 Å². The van der Waals surface area contributed by atoms with Gasteiger partial charge in [-0.05, 0) is 56.7 Å². The van der Waals surface area contributed by atoms with Gasteiger partial charge in [-0.2, -0.15) is 5.10 Å². The molecule has 0 amide bonds. The van der Waals surface area contributed by atoms with Crippen molar-refractivity contribution in [3.05, 3.63) is 41.5 Å². The first-order valence-corrected chi connectivity index (χ1v) is 9.00. The van der Waals surface area contributed by atoms with Crippen LogP contribution in [0, 0.1) is 0 Å². The van der Waals surface area contributed by atoms with Gasteiger partial charge < -0.3 is 9.47 Å². The van der Waals surface area contributed by atoms with Crippen LogP contribution in [0.5, 0.6) is 11.5 Å². The van der Waals surface area contributed by atoms with Gasteiger partial charge in [-0.3, -0.25) is 14.5 Å². The molecule has 0 bridgehead atoms. The highest BCUT2D eigenvalue weighted by Crippen LogP contribution is 2.34. The molecule has 6 nitrogen and oxygen atoms in total. The summed E-state index contributed by atoms with van der Waals surface area (Å²) >= 11 is 0. The van der Waals surface area contributed by atoms with Gasteiger partial charge in [0.2, 0.25) is 0 Å². The van der Waals surface area contributed by atoms with Crippen LogP contribution in [0.3, 0.4) is 0 Å². The second-order valence-corrected chi connectivity index (χ2v) is 6.70. The lowest BCUT2D eigenvalue weighted by Gasteiger charge is -2.23. The highest BCUT2D eigenvalue weighted by molar-refractivity contribution is 5.83.